The fraction of sp³-hybridized carbons (Fsp3) is 0.500. The molecule has 2 rings (SSSR count). The minimum absolute atomic E-state index is 0.503. The maximum absolute atomic E-state index is 4.79. The minimum Gasteiger partial charge on any atom is -0.364 e. The average molecular weight is 307 g/mol. The molecule has 0 unspecified atom stereocenters. The van der Waals surface area contributed by atoms with Crippen LogP contribution in [0.5, 0.6) is 0 Å². The molecule has 7 heteroatoms. The zero-order valence-corrected chi connectivity index (χ0v) is 13.2. The first-order valence-electron chi connectivity index (χ1n) is 7.16. The molecule has 0 aliphatic rings. The van der Waals surface area contributed by atoms with E-state index in [1.165, 1.54) is 4.88 Å². The summed E-state index contributed by atoms with van der Waals surface area (Å²) in [5.74, 6) is 0.785. The van der Waals surface area contributed by atoms with E-state index in [1.54, 1.807) is 17.6 Å². The van der Waals surface area contributed by atoms with Crippen LogP contribution in [-0.4, -0.2) is 29.2 Å². The number of aromatic nitrogens is 2. The summed E-state index contributed by atoms with van der Waals surface area (Å²) in [4.78, 5) is 10.2. The van der Waals surface area contributed by atoms with Crippen molar-refractivity contribution in [2.24, 2.45) is 4.99 Å². The molecule has 0 aromatic carbocycles. The van der Waals surface area contributed by atoms with Gasteiger partial charge in [-0.1, -0.05) is 12.1 Å². The molecule has 0 amide bonds. The van der Waals surface area contributed by atoms with Gasteiger partial charge in [0, 0.05) is 36.7 Å². The Bertz CT molecular complexity index is 549. The highest BCUT2D eigenvalue weighted by Crippen LogP contribution is 2.13. The first-order chi connectivity index (χ1) is 10.3. The fourth-order valence-corrected chi connectivity index (χ4v) is 2.60. The van der Waals surface area contributed by atoms with Crippen LogP contribution < -0.4 is 10.6 Å². The lowest BCUT2D eigenvalue weighted by Gasteiger charge is -2.10. The smallest absolute Gasteiger partial charge is 0.191 e. The second-order valence-corrected chi connectivity index (χ2v) is 5.64. The van der Waals surface area contributed by atoms with E-state index >= 15 is 0 Å². The molecule has 2 heterocycles. The van der Waals surface area contributed by atoms with Gasteiger partial charge in [-0.2, -0.15) is 0 Å². The molecular weight excluding hydrogens is 286 g/mol. The van der Waals surface area contributed by atoms with E-state index in [4.69, 9.17) is 4.52 Å². The SMILES string of the molecule is CCNC(=NCc1ccon1)NCCc1ncc(CC)s1. The zero-order valence-electron chi connectivity index (χ0n) is 12.4. The molecule has 0 saturated heterocycles. The van der Waals surface area contributed by atoms with Crippen molar-refractivity contribution in [2.45, 2.75) is 33.2 Å². The summed E-state index contributed by atoms with van der Waals surface area (Å²) in [5, 5.41) is 11.5. The molecule has 21 heavy (non-hydrogen) atoms. The van der Waals surface area contributed by atoms with E-state index in [1.807, 2.05) is 19.2 Å². The number of nitrogens with zero attached hydrogens (tertiary/aromatic N) is 3. The second kappa shape index (κ2) is 8.41. The van der Waals surface area contributed by atoms with E-state index in [0.717, 1.165) is 42.6 Å². The summed E-state index contributed by atoms with van der Waals surface area (Å²) < 4.78 is 4.79. The molecule has 114 valence electrons. The van der Waals surface area contributed by atoms with Crippen molar-refractivity contribution in [1.29, 1.82) is 0 Å². The standard InChI is InChI=1S/C14H21N5OS/c1-3-12-10-17-13(21-12)5-7-16-14(15-4-2)18-9-11-6-8-20-19-11/h6,8,10H,3-5,7,9H2,1-2H3,(H2,15,16,18). The predicted octanol–water partition coefficient (Wildman–Crippen LogP) is 1.99. The normalized spacial score (nSPS) is 11.6. The highest BCUT2D eigenvalue weighted by molar-refractivity contribution is 7.11. The lowest BCUT2D eigenvalue weighted by atomic mass is 10.4. The van der Waals surface area contributed by atoms with Crippen molar-refractivity contribution >= 4 is 17.3 Å². The van der Waals surface area contributed by atoms with E-state index in [-0.39, 0.29) is 0 Å². The number of aliphatic imine (C=N–C) groups is 1. The molecular formula is C14H21N5OS. The Labute approximate surface area is 128 Å². The third-order valence-electron chi connectivity index (χ3n) is 2.82. The van der Waals surface area contributed by atoms with Gasteiger partial charge in [0.15, 0.2) is 5.96 Å². The number of rotatable bonds is 7. The summed E-state index contributed by atoms with van der Waals surface area (Å²) in [6.45, 7) is 6.32. The molecule has 0 aliphatic heterocycles. The van der Waals surface area contributed by atoms with E-state index < -0.39 is 0 Å². The molecule has 0 atom stereocenters. The van der Waals surface area contributed by atoms with Gasteiger partial charge in [-0.3, -0.25) is 0 Å². The van der Waals surface area contributed by atoms with Crippen LogP contribution in [0.1, 0.15) is 29.4 Å². The molecule has 0 saturated carbocycles. The van der Waals surface area contributed by atoms with Crippen LogP contribution in [0.2, 0.25) is 0 Å². The van der Waals surface area contributed by atoms with Crippen molar-refractivity contribution in [3.05, 3.63) is 34.1 Å². The third kappa shape index (κ3) is 5.18. The largest absolute Gasteiger partial charge is 0.364 e. The summed E-state index contributed by atoms with van der Waals surface area (Å²) in [7, 11) is 0. The van der Waals surface area contributed by atoms with Gasteiger partial charge in [-0.15, -0.1) is 11.3 Å². The van der Waals surface area contributed by atoms with Gasteiger partial charge in [0.1, 0.15) is 12.0 Å². The molecule has 0 aliphatic carbocycles. The molecule has 0 bridgehead atoms. The van der Waals surface area contributed by atoms with Crippen LogP contribution in [0, 0.1) is 0 Å². The first-order valence-corrected chi connectivity index (χ1v) is 7.98. The number of hydrogen-bond donors (Lipinski definition) is 2. The summed E-state index contributed by atoms with van der Waals surface area (Å²) >= 11 is 1.78. The molecule has 0 radical (unpaired) electrons. The highest BCUT2D eigenvalue weighted by atomic mass is 32.1. The number of aryl methyl sites for hydroxylation is 1. The van der Waals surface area contributed by atoms with Crippen LogP contribution in [0.4, 0.5) is 0 Å². The Morgan fingerprint density at radius 1 is 1.38 bits per heavy atom. The fourth-order valence-electron chi connectivity index (χ4n) is 1.74. The minimum atomic E-state index is 0.503. The van der Waals surface area contributed by atoms with Gasteiger partial charge in [-0.25, -0.2) is 9.98 Å². The average Bonchev–Trinajstić information content (AvgIpc) is 3.16. The second-order valence-electron chi connectivity index (χ2n) is 4.44. The maximum atomic E-state index is 4.79. The predicted molar refractivity (Wildman–Crippen MR) is 84.5 cm³/mol. The molecule has 6 nitrogen and oxygen atoms in total. The van der Waals surface area contributed by atoms with Gasteiger partial charge in [0.2, 0.25) is 0 Å². The lowest BCUT2D eigenvalue weighted by Crippen LogP contribution is -2.38. The lowest BCUT2D eigenvalue weighted by molar-refractivity contribution is 0.412. The Morgan fingerprint density at radius 2 is 2.29 bits per heavy atom. The Hall–Kier alpha value is -1.89. The van der Waals surface area contributed by atoms with E-state index in [9.17, 15) is 0 Å². The topological polar surface area (TPSA) is 75.3 Å². The highest BCUT2D eigenvalue weighted by Gasteiger charge is 2.02. The van der Waals surface area contributed by atoms with Crippen molar-refractivity contribution in [3.8, 4) is 0 Å². The monoisotopic (exact) mass is 307 g/mol. The molecule has 0 fully saturated rings. The number of hydrogen-bond acceptors (Lipinski definition) is 5. The maximum Gasteiger partial charge on any atom is 0.191 e. The number of nitrogens with one attached hydrogen (secondary N) is 2. The first kappa shape index (κ1) is 15.5. The van der Waals surface area contributed by atoms with E-state index in [0.29, 0.717) is 6.54 Å². The van der Waals surface area contributed by atoms with Gasteiger partial charge in [0.05, 0.1) is 11.6 Å². The Morgan fingerprint density at radius 3 is 2.95 bits per heavy atom. The number of guanidine groups is 1. The van der Waals surface area contributed by atoms with Crippen molar-refractivity contribution in [2.75, 3.05) is 13.1 Å². The van der Waals surface area contributed by atoms with Crippen molar-refractivity contribution in [1.82, 2.24) is 20.8 Å². The van der Waals surface area contributed by atoms with Gasteiger partial charge in [0.25, 0.3) is 0 Å². The zero-order chi connectivity index (χ0) is 14.9. The molecule has 2 N–H and O–H groups in total. The summed E-state index contributed by atoms with van der Waals surface area (Å²) in [5.41, 5.74) is 0.819. The van der Waals surface area contributed by atoms with E-state index in [2.05, 4.69) is 32.7 Å². The third-order valence-corrected chi connectivity index (χ3v) is 4.02. The van der Waals surface area contributed by atoms with Gasteiger partial charge < -0.3 is 15.2 Å². The van der Waals surface area contributed by atoms with Crippen molar-refractivity contribution in [3.63, 3.8) is 0 Å². The Kier molecular flexibility index (Phi) is 6.21. The van der Waals surface area contributed by atoms with Crippen LogP contribution >= 0.6 is 11.3 Å². The van der Waals surface area contributed by atoms with Crippen LogP contribution in [0.15, 0.2) is 28.0 Å². The molecule has 2 aromatic heterocycles. The summed E-state index contributed by atoms with van der Waals surface area (Å²) in [6, 6.07) is 1.81. The number of thiazole rings is 1. The van der Waals surface area contributed by atoms with Crippen LogP contribution in [0.25, 0.3) is 0 Å². The van der Waals surface area contributed by atoms with Crippen LogP contribution in [-0.2, 0) is 19.4 Å². The molecule has 2 aromatic rings. The van der Waals surface area contributed by atoms with Crippen LogP contribution in [0.3, 0.4) is 0 Å². The molecule has 0 spiro atoms. The quantitative estimate of drug-likeness (QED) is 0.604. The summed E-state index contributed by atoms with van der Waals surface area (Å²) in [6.07, 6.45) is 5.47. The van der Waals surface area contributed by atoms with Gasteiger partial charge >= 0.3 is 0 Å². The van der Waals surface area contributed by atoms with Gasteiger partial charge in [-0.05, 0) is 13.3 Å². The van der Waals surface area contributed by atoms with Crippen molar-refractivity contribution < 1.29 is 4.52 Å². The Balaban J connectivity index is 1.80.